The van der Waals surface area contributed by atoms with E-state index in [-0.39, 0.29) is 0 Å². The van der Waals surface area contributed by atoms with E-state index in [0.29, 0.717) is 25.2 Å². The molecule has 0 unspecified atom stereocenters. The minimum absolute atomic E-state index is 0.337. The highest BCUT2D eigenvalue weighted by Gasteiger charge is 2.42. The van der Waals surface area contributed by atoms with Gasteiger partial charge in [0.1, 0.15) is 0 Å². The Morgan fingerprint density at radius 1 is 1.12 bits per heavy atom. The molecule has 1 aliphatic rings. The van der Waals surface area contributed by atoms with Gasteiger partial charge in [0, 0.05) is 18.8 Å². The van der Waals surface area contributed by atoms with E-state index in [1.807, 2.05) is 13.8 Å². The highest BCUT2D eigenvalue weighted by molar-refractivity contribution is 6.27. The van der Waals surface area contributed by atoms with Crippen molar-refractivity contribution in [3.63, 3.8) is 0 Å². The number of hydrogen-bond donors (Lipinski definition) is 1. The molecule has 0 bridgehead atoms. The fraction of sp³-hybridized carbons (Fsp3) is 0.778. The van der Waals surface area contributed by atoms with Gasteiger partial charge in [-0.1, -0.05) is 34.1 Å². The number of barbiturate groups is 1. The van der Waals surface area contributed by atoms with Crippen LogP contribution in [0.15, 0.2) is 4.99 Å². The number of carbonyl (C=O) groups excluding carboxylic acids is 3. The number of rotatable bonds is 11. The average molecular weight is 352 g/mol. The number of carbonyl (C=O) groups is 3. The normalized spacial score (nSPS) is 18.9. The van der Waals surface area contributed by atoms with Crippen molar-refractivity contribution in [2.45, 2.75) is 53.4 Å². The summed E-state index contributed by atoms with van der Waals surface area (Å²) >= 11 is 0. The van der Waals surface area contributed by atoms with Crippen LogP contribution in [0.1, 0.15) is 53.4 Å². The zero-order valence-electron chi connectivity index (χ0n) is 16.0. The van der Waals surface area contributed by atoms with Gasteiger partial charge < -0.3 is 4.90 Å². The molecule has 1 N–H and O–H groups in total. The molecule has 142 valence electrons. The number of nitrogens with one attached hydrogen (secondary N) is 1. The van der Waals surface area contributed by atoms with Crippen molar-refractivity contribution in [2.75, 3.05) is 32.7 Å². The molecule has 0 radical (unpaired) electrons. The Hall–Kier alpha value is -1.76. The lowest BCUT2D eigenvalue weighted by atomic mass is 9.96. The Kier molecular flexibility index (Phi) is 9.34. The van der Waals surface area contributed by atoms with Crippen LogP contribution in [-0.2, 0) is 9.59 Å². The van der Waals surface area contributed by atoms with Crippen molar-refractivity contribution < 1.29 is 14.4 Å². The summed E-state index contributed by atoms with van der Waals surface area (Å²) in [6, 6.07) is -0.614. The molecule has 0 aliphatic carbocycles. The maximum absolute atomic E-state index is 12.6. The molecule has 0 aromatic carbocycles. The van der Waals surface area contributed by atoms with Gasteiger partial charge in [-0.3, -0.25) is 24.8 Å². The summed E-state index contributed by atoms with van der Waals surface area (Å²) in [5, 5.41) is 2.30. The van der Waals surface area contributed by atoms with Crippen LogP contribution in [0.4, 0.5) is 4.79 Å². The molecular weight excluding hydrogens is 320 g/mol. The first kappa shape index (κ1) is 21.3. The molecular formula is C18H32N4O3. The van der Waals surface area contributed by atoms with Crippen LogP contribution in [0.5, 0.6) is 0 Å². The summed E-state index contributed by atoms with van der Waals surface area (Å²) in [6.07, 6.45) is 3.00. The van der Waals surface area contributed by atoms with Crippen molar-refractivity contribution in [3.05, 3.63) is 0 Å². The number of amides is 4. The van der Waals surface area contributed by atoms with E-state index >= 15 is 0 Å². The van der Waals surface area contributed by atoms with Gasteiger partial charge in [-0.2, -0.15) is 0 Å². The van der Waals surface area contributed by atoms with Crippen LogP contribution in [0.25, 0.3) is 0 Å². The quantitative estimate of drug-likeness (QED) is 0.350. The Bertz CT molecular complexity index is 501. The Morgan fingerprint density at radius 3 is 2.36 bits per heavy atom. The average Bonchev–Trinajstić information content (AvgIpc) is 2.59. The molecule has 0 aromatic rings. The van der Waals surface area contributed by atoms with E-state index < -0.39 is 23.8 Å². The van der Waals surface area contributed by atoms with Gasteiger partial charge in [0.05, 0.1) is 0 Å². The van der Waals surface area contributed by atoms with E-state index in [2.05, 4.69) is 29.1 Å². The third kappa shape index (κ3) is 5.92. The fourth-order valence-corrected chi connectivity index (χ4v) is 2.90. The predicted molar refractivity (Wildman–Crippen MR) is 98.6 cm³/mol. The van der Waals surface area contributed by atoms with Crippen molar-refractivity contribution in [1.29, 1.82) is 0 Å². The molecule has 1 heterocycles. The number of nitrogens with zero attached hydrogens (tertiary/aromatic N) is 3. The molecule has 1 aliphatic heterocycles. The van der Waals surface area contributed by atoms with Crippen LogP contribution in [-0.4, -0.2) is 66.1 Å². The Morgan fingerprint density at radius 2 is 1.80 bits per heavy atom. The maximum atomic E-state index is 12.6. The van der Waals surface area contributed by atoms with E-state index in [4.69, 9.17) is 0 Å². The summed E-state index contributed by atoms with van der Waals surface area (Å²) < 4.78 is 0. The number of unbranched alkanes of at least 4 members (excludes halogenated alkanes) is 1. The lowest BCUT2D eigenvalue weighted by Gasteiger charge is -2.30. The monoisotopic (exact) mass is 352 g/mol. The number of imide groups is 2. The summed E-state index contributed by atoms with van der Waals surface area (Å²) in [6.45, 7) is 12.0. The molecule has 1 rings (SSSR count). The molecule has 0 saturated carbocycles. The number of urea groups is 1. The lowest BCUT2D eigenvalue weighted by Crippen LogP contribution is -2.60. The highest BCUT2D eigenvalue weighted by atomic mass is 16.2. The minimum Gasteiger partial charge on any atom is -0.304 e. The predicted octanol–water partition coefficient (Wildman–Crippen LogP) is 2.06. The van der Waals surface area contributed by atoms with Crippen LogP contribution in [0.3, 0.4) is 0 Å². The van der Waals surface area contributed by atoms with Crippen molar-refractivity contribution in [2.24, 2.45) is 10.9 Å². The van der Waals surface area contributed by atoms with Gasteiger partial charge in [0.15, 0.2) is 5.92 Å². The third-order valence-electron chi connectivity index (χ3n) is 4.52. The van der Waals surface area contributed by atoms with Gasteiger partial charge in [0.2, 0.25) is 11.8 Å². The molecule has 1 atom stereocenters. The van der Waals surface area contributed by atoms with Gasteiger partial charge in [-0.15, -0.1) is 0 Å². The first-order valence-electron chi connectivity index (χ1n) is 9.41. The molecule has 4 amide bonds. The van der Waals surface area contributed by atoms with Crippen LogP contribution in [0, 0.1) is 5.92 Å². The van der Waals surface area contributed by atoms with Gasteiger partial charge in [-0.05, 0) is 38.9 Å². The van der Waals surface area contributed by atoms with Crippen LogP contribution in [0.2, 0.25) is 0 Å². The van der Waals surface area contributed by atoms with Crippen LogP contribution < -0.4 is 5.32 Å². The van der Waals surface area contributed by atoms with Crippen molar-refractivity contribution in [1.82, 2.24) is 15.1 Å². The van der Waals surface area contributed by atoms with E-state index in [0.717, 1.165) is 43.8 Å². The Balaban J connectivity index is 2.77. The first-order chi connectivity index (χ1) is 12.0. The highest BCUT2D eigenvalue weighted by Crippen LogP contribution is 2.15. The molecule has 1 fully saturated rings. The molecule has 7 heteroatoms. The smallest absolute Gasteiger partial charge is 0.304 e. The van der Waals surface area contributed by atoms with E-state index in [9.17, 15) is 14.4 Å². The maximum Gasteiger partial charge on any atom is 0.330 e. The number of aliphatic imine (C=N–C) groups is 1. The SMILES string of the molecule is CCCCN1C(=O)NC(=O)[C@H](C(CC)=NCCCN(CC)CC)C1=O. The largest absolute Gasteiger partial charge is 0.330 e. The Labute approximate surface area is 150 Å². The van der Waals surface area contributed by atoms with Crippen molar-refractivity contribution >= 4 is 23.6 Å². The third-order valence-corrected chi connectivity index (χ3v) is 4.52. The zero-order valence-corrected chi connectivity index (χ0v) is 16.0. The van der Waals surface area contributed by atoms with Crippen molar-refractivity contribution in [3.8, 4) is 0 Å². The fourth-order valence-electron chi connectivity index (χ4n) is 2.90. The molecule has 25 heavy (non-hydrogen) atoms. The zero-order chi connectivity index (χ0) is 18.8. The minimum atomic E-state index is -0.965. The molecule has 0 spiro atoms. The van der Waals surface area contributed by atoms with Gasteiger partial charge in [0.25, 0.3) is 0 Å². The second-order valence-electron chi connectivity index (χ2n) is 6.18. The number of hydrogen-bond acceptors (Lipinski definition) is 5. The van der Waals surface area contributed by atoms with Crippen LogP contribution >= 0.6 is 0 Å². The second kappa shape index (κ2) is 11.0. The van der Waals surface area contributed by atoms with Gasteiger partial charge >= 0.3 is 6.03 Å². The summed E-state index contributed by atoms with van der Waals surface area (Å²) in [7, 11) is 0. The van der Waals surface area contributed by atoms with E-state index in [1.54, 1.807) is 0 Å². The second-order valence-corrected chi connectivity index (χ2v) is 6.18. The summed E-state index contributed by atoms with van der Waals surface area (Å²) in [5.41, 5.74) is 0.566. The van der Waals surface area contributed by atoms with Gasteiger partial charge in [-0.25, -0.2) is 4.79 Å². The standard InChI is InChI=1S/C18H32N4O3/c1-5-9-13-22-17(24)15(16(23)20-18(22)25)14(6-2)19-11-10-12-21(7-3)8-4/h15H,5-13H2,1-4H3,(H,20,23,25)/t15-/m0/s1. The lowest BCUT2D eigenvalue weighted by molar-refractivity contribution is -0.139. The summed E-state index contributed by atoms with van der Waals surface area (Å²) in [4.78, 5) is 44.7. The molecule has 7 nitrogen and oxygen atoms in total. The summed E-state index contributed by atoms with van der Waals surface area (Å²) in [5.74, 6) is -1.95. The topological polar surface area (TPSA) is 82.1 Å². The first-order valence-corrected chi connectivity index (χ1v) is 9.41. The molecule has 1 saturated heterocycles. The van der Waals surface area contributed by atoms with E-state index in [1.165, 1.54) is 0 Å². The molecule has 0 aromatic heterocycles.